The molecule has 13 heteroatoms. The van der Waals surface area contributed by atoms with E-state index in [2.05, 4.69) is 14.5 Å². The molecular weight excluding hydrogens is 525 g/mol. The number of rotatable bonds is 20. The number of halogens is 3. The van der Waals surface area contributed by atoms with Crippen molar-refractivity contribution in [3.8, 4) is 5.75 Å². The maximum absolute atomic E-state index is 12.4. The maximum Gasteiger partial charge on any atom is 0.573 e. The van der Waals surface area contributed by atoms with E-state index in [4.69, 9.17) is 28.8 Å². The minimum Gasteiger partial charge on any atom is -0.466 e. The number of piperazine rings is 1. The Morgan fingerprint density at radius 2 is 1.46 bits per heavy atom. The van der Waals surface area contributed by atoms with Crippen LogP contribution in [-0.4, -0.2) is 121 Å². The Bertz CT molecular complexity index is 777. The van der Waals surface area contributed by atoms with Gasteiger partial charge in [0.25, 0.3) is 0 Å². The summed E-state index contributed by atoms with van der Waals surface area (Å²) in [5, 5.41) is 8.63. The molecule has 1 heterocycles. The van der Waals surface area contributed by atoms with Gasteiger partial charge >= 0.3 is 12.3 Å². The van der Waals surface area contributed by atoms with Crippen LogP contribution in [0.15, 0.2) is 24.3 Å². The molecule has 2 rings (SSSR count). The lowest BCUT2D eigenvalue weighted by Crippen LogP contribution is -2.52. The van der Waals surface area contributed by atoms with Gasteiger partial charge in [-0.3, -0.25) is 9.69 Å². The molecule has 1 atom stereocenters. The van der Waals surface area contributed by atoms with Gasteiger partial charge in [-0.2, -0.15) is 0 Å². The molecule has 1 N–H and O–H groups in total. The summed E-state index contributed by atoms with van der Waals surface area (Å²) >= 11 is 0. The zero-order chi connectivity index (χ0) is 28.3. The van der Waals surface area contributed by atoms with E-state index in [0.717, 1.165) is 5.69 Å². The highest BCUT2D eigenvalue weighted by molar-refractivity contribution is 5.69. The van der Waals surface area contributed by atoms with Crippen LogP contribution in [0, 0.1) is 0 Å². The summed E-state index contributed by atoms with van der Waals surface area (Å²) < 4.78 is 68.1. The zero-order valence-corrected chi connectivity index (χ0v) is 22.5. The summed E-state index contributed by atoms with van der Waals surface area (Å²) in [7, 11) is 0. The number of aliphatic hydroxyl groups is 1. The number of carbonyl (C=O) groups excluding carboxylic acids is 1. The number of hydrogen-bond acceptors (Lipinski definition) is 10. The van der Waals surface area contributed by atoms with Crippen LogP contribution in [-0.2, 0) is 28.5 Å². The van der Waals surface area contributed by atoms with Gasteiger partial charge in [-0.05, 0) is 37.6 Å². The van der Waals surface area contributed by atoms with Crippen LogP contribution in [0.3, 0.4) is 0 Å². The van der Waals surface area contributed by atoms with Crippen LogP contribution in [0.25, 0.3) is 0 Å². The van der Waals surface area contributed by atoms with Gasteiger partial charge in [0.2, 0.25) is 0 Å². The third-order valence-corrected chi connectivity index (χ3v) is 5.92. The molecule has 10 nitrogen and oxygen atoms in total. The monoisotopic (exact) mass is 566 g/mol. The van der Waals surface area contributed by atoms with E-state index >= 15 is 0 Å². The summed E-state index contributed by atoms with van der Waals surface area (Å²) in [6, 6.07) is 5.88. The van der Waals surface area contributed by atoms with Gasteiger partial charge in [-0.1, -0.05) is 0 Å². The number of benzene rings is 1. The number of ether oxygens (including phenoxy) is 6. The molecule has 0 bridgehead atoms. The highest BCUT2D eigenvalue weighted by Gasteiger charge is 2.31. The third kappa shape index (κ3) is 14.7. The lowest BCUT2D eigenvalue weighted by molar-refractivity contribution is -0.274. The third-order valence-electron chi connectivity index (χ3n) is 5.92. The number of nitrogens with zero attached hydrogens (tertiary/aromatic N) is 2. The van der Waals surface area contributed by atoms with Crippen LogP contribution in [0.5, 0.6) is 5.75 Å². The van der Waals surface area contributed by atoms with Crippen molar-refractivity contribution in [2.75, 3.05) is 97.1 Å². The molecule has 1 unspecified atom stereocenters. The summed E-state index contributed by atoms with van der Waals surface area (Å²) in [6.45, 7) is 8.18. The van der Waals surface area contributed by atoms with Gasteiger partial charge in [-0.15, -0.1) is 13.2 Å². The number of carbonyl (C=O) groups is 1. The molecule has 0 spiro atoms. The van der Waals surface area contributed by atoms with Gasteiger partial charge in [-0.25, -0.2) is 0 Å². The fraction of sp³-hybridized carbons (Fsp3) is 0.731. The number of esters is 1. The first-order valence-electron chi connectivity index (χ1n) is 13.2. The quantitative estimate of drug-likeness (QED) is 0.187. The van der Waals surface area contributed by atoms with Gasteiger partial charge in [0.1, 0.15) is 5.75 Å². The van der Waals surface area contributed by atoms with Gasteiger partial charge < -0.3 is 38.4 Å². The number of alkyl halides is 3. The fourth-order valence-electron chi connectivity index (χ4n) is 4.04. The van der Waals surface area contributed by atoms with E-state index in [-0.39, 0.29) is 24.4 Å². The SMILES string of the molecule is CCOC(=O)CCC(COCCOCCOCCOCCO)N1CCN(c2ccc(OC(F)(F)F)cc2)CC1. The predicted octanol–water partition coefficient (Wildman–Crippen LogP) is 2.48. The summed E-state index contributed by atoms with van der Waals surface area (Å²) in [6.07, 6.45) is -3.83. The van der Waals surface area contributed by atoms with Crippen molar-refractivity contribution in [1.29, 1.82) is 0 Å². The Morgan fingerprint density at radius 3 is 2.00 bits per heavy atom. The number of hydrogen-bond donors (Lipinski definition) is 1. The standard InChI is InChI=1S/C26H41F3N2O8/c1-2-38-25(33)8-5-23(21-37-20-19-36-18-17-35-16-15-34-14-13-32)31-11-9-30(10-12-31)22-3-6-24(7-4-22)39-26(27,28)29/h3-4,6-7,23,32H,2,5,8-21H2,1H3. The molecule has 0 radical (unpaired) electrons. The average molecular weight is 567 g/mol. The molecule has 0 aromatic heterocycles. The highest BCUT2D eigenvalue weighted by Crippen LogP contribution is 2.26. The van der Waals surface area contributed by atoms with Crippen LogP contribution in [0.4, 0.5) is 18.9 Å². The van der Waals surface area contributed by atoms with Crippen molar-refractivity contribution in [2.24, 2.45) is 0 Å². The van der Waals surface area contributed by atoms with E-state index in [9.17, 15) is 18.0 Å². The second kappa shape index (κ2) is 19.0. The van der Waals surface area contributed by atoms with Crippen molar-refractivity contribution < 1.29 is 51.5 Å². The first kappa shape index (κ1) is 33.0. The van der Waals surface area contributed by atoms with Crippen molar-refractivity contribution in [1.82, 2.24) is 4.90 Å². The Hall–Kier alpha value is -2.16. The predicted molar refractivity (Wildman–Crippen MR) is 137 cm³/mol. The maximum atomic E-state index is 12.4. The van der Waals surface area contributed by atoms with Crippen molar-refractivity contribution in [3.05, 3.63) is 24.3 Å². The molecule has 0 saturated carbocycles. The van der Waals surface area contributed by atoms with Crippen LogP contribution in [0.2, 0.25) is 0 Å². The largest absolute Gasteiger partial charge is 0.573 e. The Labute approximate surface area is 227 Å². The van der Waals surface area contributed by atoms with E-state index < -0.39 is 6.36 Å². The van der Waals surface area contributed by atoms with Crippen LogP contribution >= 0.6 is 0 Å². The van der Waals surface area contributed by atoms with Crippen molar-refractivity contribution in [2.45, 2.75) is 32.2 Å². The molecule has 1 aromatic rings. The second-order valence-corrected chi connectivity index (χ2v) is 8.70. The number of aliphatic hydroxyl groups excluding tert-OH is 1. The minimum absolute atomic E-state index is 0.00937. The minimum atomic E-state index is -4.72. The lowest BCUT2D eigenvalue weighted by atomic mass is 10.1. The summed E-state index contributed by atoms with van der Waals surface area (Å²) in [4.78, 5) is 16.3. The Kier molecular flexibility index (Phi) is 16.1. The van der Waals surface area contributed by atoms with E-state index in [1.807, 2.05) is 0 Å². The Balaban J connectivity index is 1.72. The fourth-order valence-corrected chi connectivity index (χ4v) is 4.04. The van der Waals surface area contributed by atoms with E-state index in [0.29, 0.717) is 98.5 Å². The molecule has 0 aliphatic carbocycles. The molecule has 1 aliphatic heterocycles. The van der Waals surface area contributed by atoms with Crippen molar-refractivity contribution >= 4 is 11.7 Å². The normalized spacial score (nSPS) is 15.4. The van der Waals surface area contributed by atoms with Crippen LogP contribution < -0.4 is 9.64 Å². The summed E-state index contributed by atoms with van der Waals surface area (Å²) in [5.41, 5.74) is 0.822. The zero-order valence-electron chi connectivity index (χ0n) is 22.5. The van der Waals surface area contributed by atoms with Gasteiger partial charge in [0, 0.05) is 44.3 Å². The first-order chi connectivity index (χ1) is 18.8. The molecule has 1 aromatic carbocycles. The van der Waals surface area contributed by atoms with E-state index in [1.54, 1.807) is 19.1 Å². The van der Waals surface area contributed by atoms with Crippen LogP contribution in [0.1, 0.15) is 19.8 Å². The molecule has 224 valence electrons. The van der Waals surface area contributed by atoms with E-state index in [1.165, 1.54) is 12.1 Å². The van der Waals surface area contributed by atoms with Gasteiger partial charge in [0.15, 0.2) is 0 Å². The average Bonchev–Trinajstić information content (AvgIpc) is 2.91. The number of anilines is 1. The smallest absolute Gasteiger partial charge is 0.466 e. The molecular formula is C26H41F3N2O8. The summed E-state index contributed by atoms with van der Waals surface area (Å²) in [5.74, 6) is -0.492. The lowest BCUT2D eigenvalue weighted by Gasteiger charge is -2.40. The topological polar surface area (TPSA) is 99.2 Å². The highest BCUT2D eigenvalue weighted by atomic mass is 19.4. The molecule has 1 saturated heterocycles. The van der Waals surface area contributed by atoms with Crippen molar-refractivity contribution in [3.63, 3.8) is 0 Å². The molecule has 1 fully saturated rings. The Morgan fingerprint density at radius 1 is 0.897 bits per heavy atom. The second-order valence-electron chi connectivity index (χ2n) is 8.70. The van der Waals surface area contributed by atoms with Gasteiger partial charge in [0.05, 0.1) is 66.1 Å². The molecule has 1 aliphatic rings. The first-order valence-corrected chi connectivity index (χ1v) is 13.2. The molecule has 39 heavy (non-hydrogen) atoms. The molecule has 0 amide bonds.